The molecule has 3 N–H and O–H groups in total. The third-order valence-corrected chi connectivity index (χ3v) is 3.31. The van der Waals surface area contributed by atoms with Crippen LogP contribution >= 0.6 is 12.4 Å². The van der Waals surface area contributed by atoms with E-state index in [-0.39, 0.29) is 35.5 Å². The fourth-order valence-corrected chi connectivity index (χ4v) is 1.85. The van der Waals surface area contributed by atoms with Gasteiger partial charge in [0.05, 0.1) is 0 Å². The predicted octanol–water partition coefficient (Wildman–Crippen LogP) is 1.37. The summed E-state index contributed by atoms with van der Waals surface area (Å²) in [6.45, 7) is 2.20. The lowest BCUT2D eigenvalue weighted by Gasteiger charge is -2.23. The smallest absolute Gasteiger partial charge is 0.261 e. The van der Waals surface area contributed by atoms with Crippen LogP contribution in [0.25, 0.3) is 10.9 Å². The first kappa shape index (κ1) is 16.2. The zero-order chi connectivity index (χ0) is 14.0. The van der Waals surface area contributed by atoms with Gasteiger partial charge in [0, 0.05) is 25.2 Å². The maximum absolute atomic E-state index is 12.3. The van der Waals surface area contributed by atoms with Crippen LogP contribution in [0.15, 0.2) is 35.1 Å². The number of amides is 1. The highest BCUT2D eigenvalue weighted by molar-refractivity contribution is 5.97. The lowest BCUT2D eigenvalue weighted by molar-refractivity contribution is 0.0747. The van der Waals surface area contributed by atoms with Crippen molar-refractivity contribution >= 4 is 29.2 Å². The second kappa shape index (κ2) is 6.54. The number of benzene rings is 1. The summed E-state index contributed by atoms with van der Waals surface area (Å²) >= 11 is 0. The molecule has 1 aromatic heterocycles. The van der Waals surface area contributed by atoms with Gasteiger partial charge in [-0.25, -0.2) is 0 Å². The van der Waals surface area contributed by atoms with E-state index in [9.17, 15) is 9.59 Å². The van der Waals surface area contributed by atoms with Crippen LogP contribution < -0.4 is 11.3 Å². The van der Waals surface area contributed by atoms with E-state index in [0.717, 1.165) is 10.9 Å². The maximum Gasteiger partial charge on any atom is 0.261 e. The van der Waals surface area contributed by atoms with E-state index in [4.69, 9.17) is 5.73 Å². The van der Waals surface area contributed by atoms with Gasteiger partial charge in [0.1, 0.15) is 5.56 Å². The normalized spacial score (nSPS) is 11.8. The Kier molecular flexibility index (Phi) is 5.30. The number of hydrogen-bond donors (Lipinski definition) is 2. The summed E-state index contributed by atoms with van der Waals surface area (Å²) in [6.07, 6.45) is 0. The number of H-pyrrole nitrogens is 1. The van der Waals surface area contributed by atoms with Gasteiger partial charge in [-0.15, -0.1) is 12.4 Å². The molecule has 20 heavy (non-hydrogen) atoms. The Balaban J connectivity index is 0.00000200. The number of carbonyl (C=O) groups excluding carboxylic acids is 1. The van der Waals surface area contributed by atoms with Crippen molar-refractivity contribution in [3.05, 3.63) is 46.2 Å². The van der Waals surface area contributed by atoms with Crippen LogP contribution in [0, 0.1) is 0 Å². The number of hydrogen-bond acceptors (Lipinski definition) is 3. The topological polar surface area (TPSA) is 79.2 Å². The monoisotopic (exact) mass is 295 g/mol. The summed E-state index contributed by atoms with van der Waals surface area (Å²) in [5.74, 6) is -0.315. The number of aromatic nitrogens is 1. The molecular weight excluding hydrogens is 278 g/mol. The first-order valence-corrected chi connectivity index (χ1v) is 6.14. The molecule has 0 saturated heterocycles. The molecule has 0 aliphatic carbocycles. The minimum Gasteiger partial charge on any atom is -0.338 e. The number of para-hydroxylation sites is 1. The molecule has 0 aliphatic rings. The van der Waals surface area contributed by atoms with Crippen LogP contribution in [0.5, 0.6) is 0 Å². The van der Waals surface area contributed by atoms with Gasteiger partial charge in [-0.05, 0) is 24.4 Å². The number of nitrogens with two attached hydrogens (primary N) is 1. The molecule has 108 valence electrons. The summed E-state index contributed by atoms with van der Waals surface area (Å²) in [5.41, 5.74) is 6.02. The van der Waals surface area contributed by atoms with E-state index in [1.807, 2.05) is 25.1 Å². The quantitative estimate of drug-likeness (QED) is 0.897. The Morgan fingerprint density at radius 1 is 1.40 bits per heavy atom. The molecular formula is C14H18ClN3O2. The zero-order valence-electron chi connectivity index (χ0n) is 11.4. The highest BCUT2D eigenvalue weighted by Crippen LogP contribution is 2.11. The van der Waals surface area contributed by atoms with E-state index >= 15 is 0 Å². The molecule has 2 rings (SSSR count). The molecule has 0 radical (unpaired) electrons. The van der Waals surface area contributed by atoms with Crippen molar-refractivity contribution in [3.8, 4) is 0 Å². The van der Waals surface area contributed by atoms with Crippen LogP contribution in [0.2, 0.25) is 0 Å². The van der Waals surface area contributed by atoms with Crippen molar-refractivity contribution in [2.45, 2.75) is 13.0 Å². The van der Waals surface area contributed by atoms with Gasteiger partial charge >= 0.3 is 0 Å². The maximum atomic E-state index is 12.3. The number of likely N-dealkylation sites (N-methyl/N-ethyl adjacent to an activating group) is 1. The molecule has 1 aromatic carbocycles. The second-order valence-electron chi connectivity index (χ2n) is 4.60. The van der Waals surface area contributed by atoms with Gasteiger partial charge in [0.15, 0.2) is 0 Å². The van der Waals surface area contributed by atoms with Gasteiger partial charge < -0.3 is 15.6 Å². The van der Waals surface area contributed by atoms with Crippen molar-refractivity contribution in [3.63, 3.8) is 0 Å². The molecule has 5 nitrogen and oxygen atoms in total. The molecule has 1 unspecified atom stereocenters. The Bertz CT molecular complexity index is 669. The van der Waals surface area contributed by atoms with Crippen molar-refractivity contribution in [2.24, 2.45) is 5.73 Å². The van der Waals surface area contributed by atoms with Crippen molar-refractivity contribution in [2.75, 3.05) is 13.6 Å². The fraction of sp³-hybridized carbons (Fsp3) is 0.286. The van der Waals surface area contributed by atoms with E-state index in [1.165, 1.54) is 4.90 Å². The molecule has 0 aliphatic heterocycles. The summed E-state index contributed by atoms with van der Waals surface area (Å²) in [7, 11) is 1.65. The number of rotatable bonds is 3. The molecule has 6 heteroatoms. The Labute approximate surface area is 123 Å². The Hall–Kier alpha value is -1.85. The van der Waals surface area contributed by atoms with Crippen molar-refractivity contribution in [1.29, 1.82) is 0 Å². The molecule has 0 bridgehead atoms. The lowest BCUT2D eigenvalue weighted by atomic mass is 10.1. The van der Waals surface area contributed by atoms with Gasteiger partial charge in [0.25, 0.3) is 11.5 Å². The summed E-state index contributed by atoms with van der Waals surface area (Å²) < 4.78 is 0. The van der Waals surface area contributed by atoms with Crippen molar-refractivity contribution in [1.82, 2.24) is 9.88 Å². The number of aromatic amines is 1. The average Bonchev–Trinajstić information content (AvgIpc) is 2.44. The van der Waals surface area contributed by atoms with E-state index in [2.05, 4.69) is 4.98 Å². The molecule has 2 aromatic rings. The fourth-order valence-electron chi connectivity index (χ4n) is 1.85. The standard InChI is InChI=1S/C14H17N3O2.ClH/c1-9(8-15)17(2)14(19)11-7-10-5-3-4-6-12(10)16-13(11)18;/h3-7,9H,8,15H2,1-2H3,(H,16,18);1H. The van der Waals surface area contributed by atoms with Crippen LogP contribution in [-0.4, -0.2) is 35.4 Å². The van der Waals surface area contributed by atoms with E-state index in [0.29, 0.717) is 6.54 Å². The van der Waals surface area contributed by atoms with Crippen LogP contribution in [0.1, 0.15) is 17.3 Å². The number of carbonyl (C=O) groups is 1. The summed E-state index contributed by atoms with van der Waals surface area (Å²) in [4.78, 5) is 28.4. The molecule has 1 heterocycles. The van der Waals surface area contributed by atoms with Gasteiger partial charge in [-0.2, -0.15) is 0 Å². The Morgan fingerprint density at radius 2 is 2.05 bits per heavy atom. The highest BCUT2D eigenvalue weighted by Gasteiger charge is 2.19. The van der Waals surface area contributed by atoms with E-state index in [1.54, 1.807) is 19.2 Å². The number of halogens is 1. The molecule has 1 amide bonds. The third-order valence-electron chi connectivity index (χ3n) is 3.31. The van der Waals surface area contributed by atoms with Crippen LogP contribution in [-0.2, 0) is 0 Å². The van der Waals surface area contributed by atoms with E-state index < -0.39 is 0 Å². The highest BCUT2D eigenvalue weighted by atomic mass is 35.5. The third kappa shape index (κ3) is 3.00. The van der Waals surface area contributed by atoms with Crippen LogP contribution in [0.4, 0.5) is 0 Å². The first-order valence-electron chi connectivity index (χ1n) is 6.14. The van der Waals surface area contributed by atoms with Crippen molar-refractivity contribution < 1.29 is 4.79 Å². The second-order valence-corrected chi connectivity index (χ2v) is 4.60. The molecule has 0 saturated carbocycles. The minimum atomic E-state index is -0.375. The Morgan fingerprint density at radius 3 is 2.70 bits per heavy atom. The van der Waals surface area contributed by atoms with Gasteiger partial charge in [-0.1, -0.05) is 18.2 Å². The number of nitrogens with one attached hydrogen (secondary N) is 1. The molecule has 0 spiro atoms. The number of pyridine rings is 1. The number of fused-ring (bicyclic) bond motifs is 1. The average molecular weight is 296 g/mol. The SMILES string of the molecule is CC(CN)N(C)C(=O)c1cc2ccccc2[nH]c1=O.Cl. The van der Waals surface area contributed by atoms with Gasteiger partial charge in [0.2, 0.25) is 0 Å². The van der Waals surface area contributed by atoms with Crippen LogP contribution in [0.3, 0.4) is 0 Å². The summed E-state index contributed by atoms with van der Waals surface area (Å²) in [6, 6.07) is 8.86. The largest absolute Gasteiger partial charge is 0.338 e. The summed E-state index contributed by atoms with van der Waals surface area (Å²) in [5, 5.41) is 0.833. The zero-order valence-corrected chi connectivity index (χ0v) is 12.2. The molecule has 1 atom stereocenters. The number of nitrogens with zero attached hydrogens (tertiary/aromatic N) is 1. The lowest BCUT2D eigenvalue weighted by Crippen LogP contribution is -2.41. The first-order chi connectivity index (χ1) is 9.04. The molecule has 0 fully saturated rings. The van der Waals surface area contributed by atoms with Gasteiger partial charge in [-0.3, -0.25) is 9.59 Å². The predicted molar refractivity (Wildman–Crippen MR) is 82.4 cm³/mol. The minimum absolute atomic E-state index is 0.